The Balaban J connectivity index is 2.05. The average Bonchev–Trinajstić information content (AvgIpc) is 2.56. The second kappa shape index (κ2) is 4.60. The first-order valence-corrected chi connectivity index (χ1v) is 8.41. The molecule has 1 aromatic carbocycles. The summed E-state index contributed by atoms with van der Waals surface area (Å²) < 4.78 is 62.7. The van der Waals surface area contributed by atoms with Crippen LogP contribution in [0.1, 0.15) is 36.0 Å². The molecule has 2 aliphatic heterocycles. The fourth-order valence-electron chi connectivity index (χ4n) is 3.21. The largest absolute Gasteiger partial charge is 0.416 e. The number of hydrogen-bond donors (Lipinski definition) is 0. The molecule has 2 heterocycles. The van der Waals surface area contributed by atoms with Gasteiger partial charge in [-0.2, -0.15) is 13.2 Å². The maximum atomic E-state index is 12.9. The second-order valence-corrected chi connectivity index (χ2v) is 8.26. The van der Waals surface area contributed by atoms with Crippen LogP contribution < -0.4 is 0 Å². The summed E-state index contributed by atoms with van der Waals surface area (Å²) >= 11 is 0. The van der Waals surface area contributed by atoms with Crippen LogP contribution in [-0.2, 0) is 16.0 Å². The van der Waals surface area contributed by atoms with Gasteiger partial charge in [0.15, 0.2) is 9.84 Å². The van der Waals surface area contributed by atoms with Gasteiger partial charge in [0.2, 0.25) is 0 Å². The third-order valence-corrected chi connectivity index (χ3v) is 6.82. The van der Waals surface area contributed by atoms with Crippen molar-refractivity contribution < 1.29 is 21.6 Å². The predicted molar refractivity (Wildman–Crippen MR) is 74.5 cm³/mol. The van der Waals surface area contributed by atoms with E-state index < -0.39 is 32.1 Å². The zero-order chi connectivity index (χ0) is 15.4. The van der Waals surface area contributed by atoms with Crippen molar-refractivity contribution in [1.82, 2.24) is 0 Å². The van der Waals surface area contributed by atoms with Crippen molar-refractivity contribution in [2.75, 3.05) is 0 Å². The van der Waals surface area contributed by atoms with Crippen molar-refractivity contribution in [1.29, 1.82) is 0 Å². The van der Waals surface area contributed by atoms with Gasteiger partial charge in [0.1, 0.15) is 0 Å². The van der Waals surface area contributed by atoms with Crippen LogP contribution in [0.2, 0.25) is 0 Å². The zero-order valence-corrected chi connectivity index (χ0v) is 12.3. The minimum atomic E-state index is -4.39. The highest BCUT2D eigenvalue weighted by Crippen LogP contribution is 2.42. The van der Waals surface area contributed by atoms with Gasteiger partial charge in [-0.15, -0.1) is 0 Å². The summed E-state index contributed by atoms with van der Waals surface area (Å²) in [7, 11) is -3.12. The van der Waals surface area contributed by atoms with Crippen molar-refractivity contribution in [3.63, 3.8) is 0 Å². The van der Waals surface area contributed by atoms with E-state index in [1.54, 1.807) is 19.1 Å². The van der Waals surface area contributed by atoms with Crippen LogP contribution >= 0.6 is 0 Å². The van der Waals surface area contributed by atoms with E-state index in [9.17, 15) is 21.6 Å². The molecule has 0 aromatic heterocycles. The van der Waals surface area contributed by atoms with E-state index in [2.05, 4.69) is 0 Å². The van der Waals surface area contributed by atoms with Gasteiger partial charge in [-0.3, -0.25) is 0 Å². The van der Waals surface area contributed by atoms with Crippen molar-refractivity contribution in [2.45, 2.75) is 42.9 Å². The van der Waals surface area contributed by atoms with Gasteiger partial charge in [0, 0.05) is 0 Å². The number of allylic oxidation sites excluding steroid dienone is 1. The van der Waals surface area contributed by atoms with Crippen molar-refractivity contribution in [3.05, 3.63) is 41.0 Å². The summed E-state index contributed by atoms with van der Waals surface area (Å²) in [4.78, 5) is 0. The molecule has 2 atom stereocenters. The smallest absolute Gasteiger partial charge is 0.228 e. The average molecular weight is 316 g/mol. The molecule has 0 spiro atoms. The van der Waals surface area contributed by atoms with E-state index in [1.807, 2.05) is 0 Å². The molecular formula is C15H15F3O2S. The lowest BCUT2D eigenvalue weighted by Crippen LogP contribution is -2.26. The molecule has 1 aromatic rings. The number of fused-ring (bicyclic) bond motifs is 2. The minimum Gasteiger partial charge on any atom is -0.228 e. The van der Waals surface area contributed by atoms with Crippen molar-refractivity contribution in [3.8, 4) is 0 Å². The molecule has 2 aliphatic rings. The van der Waals surface area contributed by atoms with Gasteiger partial charge in [0.05, 0.1) is 16.1 Å². The highest BCUT2D eigenvalue weighted by atomic mass is 32.2. The third-order valence-electron chi connectivity index (χ3n) is 4.27. The van der Waals surface area contributed by atoms with Crippen molar-refractivity contribution in [2.24, 2.45) is 0 Å². The third kappa shape index (κ3) is 2.50. The number of hydrogen-bond acceptors (Lipinski definition) is 2. The van der Waals surface area contributed by atoms with Crippen LogP contribution in [0.4, 0.5) is 13.2 Å². The molecular weight excluding hydrogens is 301 g/mol. The predicted octanol–water partition coefficient (Wildman–Crippen LogP) is 3.75. The Morgan fingerprint density at radius 3 is 2.48 bits per heavy atom. The van der Waals surface area contributed by atoms with Crippen LogP contribution in [0.25, 0.3) is 5.57 Å². The van der Waals surface area contributed by atoms with Crippen LogP contribution in [0.3, 0.4) is 0 Å². The molecule has 6 heteroatoms. The van der Waals surface area contributed by atoms with E-state index in [-0.39, 0.29) is 0 Å². The molecule has 0 saturated carbocycles. The van der Waals surface area contributed by atoms with Crippen LogP contribution in [0.5, 0.6) is 0 Å². The fourth-order valence-corrected chi connectivity index (χ4v) is 5.40. The van der Waals surface area contributed by atoms with Crippen LogP contribution in [-0.4, -0.2) is 18.9 Å². The topological polar surface area (TPSA) is 34.1 Å². The van der Waals surface area contributed by atoms with Crippen LogP contribution in [0, 0.1) is 6.92 Å². The Hall–Kier alpha value is -1.30. The first-order valence-electron chi connectivity index (χ1n) is 6.80. The Morgan fingerprint density at radius 1 is 1.14 bits per heavy atom. The standard InChI is InChI=1S/C15H15F3O2S/c1-9-4-10(6-12(5-9)15(16,17)18)11-7-13-2-3-14(8-11)21(13,19)20/h4-7,13-14H,2-3,8H2,1H3. The van der Waals surface area contributed by atoms with Gasteiger partial charge in [-0.25, -0.2) is 8.42 Å². The molecule has 0 radical (unpaired) electrons. The Bertz CT molecular complexity index is 717. The van der Waals surface area contributed by atoms with Gasteiger partial charge in [-0.05, 0) is 55.0 Å². The van der Waals surface area contributed by atoms with Crippen LogP contribution in [0.15, 0.2) is 24.3 Å². The first-order chi connectivity index (χ1) is 9.68. The summed E-state index contributed by atoms with van der Waals surface area (Å²) in [5, 5.41) is -0.960. The number of sulfone groups is 1. The molecule has 1 fully saturated rings. The van der Waals surface area contributed by atoms with E-state index in [0.29, 0.717) is 30.4 Å². The number of halogens is 3. The Kier molecular flexibility index (Phi) is 3.20. The summed E-state index contributed by atoms with van der Waals surface area (Å²) in [5.74, 6) is 0. The summed E-state index contributed by atoms with van der Waals surface area (Å²) in [6.07, 6.45) is -1.24. The summed E-state index contributed by atoms with van der Waals surface area (Å²) in [6.45, 7) is 1.62. The normalized spacial score (nSPS) is 27.5. The van der Waals surface area contributed by atoms with E-state index in [0.717, 1.165) is 17.7 Å². The van der Waals surface area contributed by atoms with Gasteiger partial charge < -0.3 is 0 Å². The molecule has 0 amide bonds. The molecule has 2 unspecified atom stereocenters. The lowest BCUT2D eigenvalue weighted by atomic mass is 9.96. The van der Waals surface area contributed by atoms with E-state index in [1.165, 1.54) is 0 Å². The van der Waals surface area contributed by atoms with E-state index >= 15 is 0 Å². The molecule has 1 saturated heterocycles. The van der Waals surface area contributed by atoms with Gasteiger partial charge in [-0.1, -0.05) is 12.1 Å². The summed E-state index contributed by atoms with van der Waals surface area (Å²) in [5.41, 5.74) is 1.07. The Labute approximate surface area is 121 Å². The fraction of sp³-hybridized carbons (Fsp3) is 0.467. The number of aryl methyl sites for hydroxylation is 1. The maximum absolute atomic E-state index is 12.9. The molecule has 114 valence electrons. The molecule has 0 N–H and O–H groups in total. The SMILES string of the molecule is Cc1cc(C2=CC3CCC(C2)S3(=O)=O)cc(C(F)(F)F)c1. The lowest BCUT2D eigenvalue weighted by Gasteiger charge is -2.21. The summed E-state index contributed by atoms with van der Waals surface area (Å²) in [6, 6.07) is 3.92. The zero-order valence-electron chi connectivity index (χ0n) is 11.4. The van der Waals surface area contributed by atoms with E-state index in [4.69, 9.17) is 0 Å². The molecule has 3 rings (SSSR count). The first kappa shape index (κ1) is 14.6. The molecule has 2 nitrogen and oxygen atoms in total. The highest BCUT2D eigenvalue weighted by Gasteiger charge is 2.43. The number of rotatable bonds is 1. The Morgan fingerprint density at radius 2 is 1.86 bits per heavy atom. The molecule has 21 heavy (non-hydrogen) atoms. The quantitative estimate of drug-likeness (QED) is 0.791. The monoisotopic (exact) mass is 316 g/mol. The molecule has 2 bridgehead atoms. The van der Waals surface area contributed by atoms with Gasteiger partial charge >= 0.3 is 6.18 Å². The number of benzene rings is 1. The second-order valence-electron chi connectivity index (χ2n) is 5.81. The maximum Gasteiger partial charge on any atom is 0.416 e. The lowest BCUT2D eigenvalue weighted by molar-refractivity contribution is -0.137. The number of alkyl halides is 3. The van der Waals surface area contributed by atoms with Crippen molar-refractivity contribution >= 4 is 15.4 Å². The minimum absolute atomic E-state index is 0.319. The molecule has 0 aliphatic carbocycles. The van der Waals surface area contributed by atoms with Gasteiger partial charge in [0.25, 0.3) is 0 Å². The highest BCUT2D eigenvalue weighted by molar-refractivity contribution is 7.93.